The molecule has 0 amide bonds. The van der Waals surface area contributed by atoms with Gasteiger partial charge in [0.05, 0.1) is 24.2 Å². The second kappa shape index (κ2) is 3.56. The fourth-order valence-corrected chi connectivity index (χ4v) is 2.06. The minimum absolute atomic E-state index is 0.675. The summed E-state index contributed by atoms with van der Waals surface area (Å²) in [6, 6.07) is 6.05. The molecule has 0 radical (unpaired) electrons. The normalized spacial score (nSPS) is 12.6. The van der Waals surface area contributed by atoms with Crippen molar-refractivity contribution >= 4 is 5.69 Å². The molecular formula is C12H13N3O. The predicted molar refractivity (Wildman–Crippen MR) is 62.5 cm³/mol. The average Bonchev–Trinajstić information content (AvgIpc) is 2.78. The fraction of sp³-hybridized carbons (Fsp3) is 0.250. The quantitative estimate of drug-likeness (QED) is 0.808. The fourth-order valence-electron chi connectivity index (χ4n) is 2.06. The Hall–Kier alpha value is -1.97. The Morgan fingerprint density at radius 3 is 3.25 bits per heavy atom. The average molecular weight is 215 g/mol. The molecule has 4 heteroatoms. The summed E-state index contributed by atoms with van der Waals surface area (Å²) >= 11 is 0. The van der Waals surface area contributed by atoms with Crippen LogP contribution in [0.1, 0.15) is 12.5 Å². The standard InChI is InChI=1S/C12H13N3O/c1-2-16-10-5-3-4-9-11-8(7-14-15-11)6-13-12(9)10/h3-5,7,13H,2,6H2,1H3,(H,14,15). The molecule has 0 fully saturated rings. The Bertz CT molecular complexity index is 519. The van der Waals surface area contributed by atoms with Crippen LogP contribution in [0.5, 0.6) is 5.75 Å². The summed E-state index contributed by atoms with van der Waals surface area (Å²) in [5.41, 5.74) is 4.47. The van der Waals surface area contributed by atoms with Crippen LogP contribution in [-0.2, 0) is 6.54 Å². The smallest absolute Gasteiger partial charge is 0.143 e. The van der Waals surface area contributed by atoms with Crippen LogP contribution < -0.4 is 10.1 Å². The molecule has 3 rings (SSSR count). The molecular weight excluding hydrogens is 202 g/mol. The van der Waals surface area contributed by atoms with Crippen molar-refractivity contribution in [2.45, 2.75) is 13.5 Å². The Morgan fingerprint density at radius 1 is 1.44 bits per heavy atom. The van der Waals surface area contributed by atoms with Crippen LogP contribution in [0.25, 0.3) is 11.3 Å². The SMILES string of the molecule is CCOc1cccc2c1NCc1cn[nH]c1-2. The van der Waals surface area contributed by atoms with E-state index in [2.05, 4.69) is 21.6 Å². The molecule has 2 N–H and O–H groups in total. The van der Waals surface area contributed by atoms with Gasteiger partial charge < -0.3 is 10.1 Å². The molecule has 1 aliphatic heterocycles. The molecule has 2 heterocycles. The zero-order valence-corrected chi connectivity index (χ0v) is 9.08. The second-order valence-electron chi connectivity index (χ2n) is 3.74. The first-order chi connectivity index (χ1) is 7.90. The van der Waals surface area contributed by atoms with Crippen LogP contribution in [-0.4, -0.2) is 16.8 Å². The molecule has 4 nitrogen and oxygen atoms in total. The first kappa shape index (κ1) is 9.27. The van der Waals surface area contributed by atoms with E-state index in [9.17, 15) is 0 Å². The highest BCUT2D eigenvalue weighted by Crippen LogP contribution is 2.39. The molecule has 1 aromatic carbocycles. The number of fused-ring (bicyclic) bond motifs is 3. The van der Waals surface area contributed by atoms with E-state index >= 15 is 0 Å². The number of anilines is 1. The van der Waals surface area contributed by atoms with E-state index in [0.717, 1.165) is 29.2 Å². The molecule has 0 saturated heterocycles. The van der Waals surface area contributed by atoms with Crippen molar-refractivity contribution in [3.05, 3.63) is 30.0 Å². The summed E-state index contributed by atoms with van der Waals surface area (Å²) in [4.78, 5) is 0. The van der Waals surface area contributed by atoms with Gasteiger partial charge in [0, 0.05) is 17.7 Å². The van der Waals surface area contributed by atoms with Gasteiger partial charge in [-0.2, -0.15) is 5.10 Å². The predicted octanol–water partition coefficient (Wildman–Crippen LogP) is 2.40. The number of aromatic amines is 1. The molecule has 1 aromatic heterocycles. The molecule has 1 aliphatic rings. The lowest BCUT2D eigenvalue weighted by Crippen LogP contribution is -2.09. The Morgan fingerprint density at radius 2 is 2.38 bits per heavy atom. The van der Waals surface area contributed by atoms with Gasteiger partial charge in [-0.1, -0.05) is 12.1 Å². The number of hydrogen-bond donors (Lipinski definition) is 2. The molecule has 2 aromatic rings. The van der Waals surface area contributed by atoms with Crippen LogP contribution in [0.2, 0.25) is 0 Å². The zero-order valence-electron chi connectivity index (χ0n) is 9.08. The maximum absolute atomic E-state index is 5.60. The number of ether oxygens (including phenoxy) is 1. The number of aromatic nitrogens is 2. The lowest BCUT2D eigenvalue weighted by Gasteiger charge is -2.20. The number of nitrogens with one attached hydrogen (secondary N) is 2. The van der Waals surface area contributed by atoms with Gasteiger partial charge in [-0.15, -0.1) is 0 Å². The molecule has 0 atom stereocenters. The Balaban J connectivity index is 2.16. The third-order valence-electron chi connectivity index (χ3n) is 2.77. The minimum atomic E-state index is 0.675. The van der Waals surface area contributed by atoms with Crippen molar-refractivity contribution in [1.82, 2.24) is 10.2 Å². The molecule has 0 saturated carbocycles. The van der Waals surface area contributed by atoms with Crippen LogP contribution in [0.15, 0.2) is 24.4 Å². The highest BCUT2D eigenvalue weighted by molar-refractivity contribution is 5.84. The Kier molecular flexibility index (Phi) is 2.06. The molecule has 0 spiro atoms. The second-order valence-corrected chi connectivity index (χ2v) is 3.74. The number of rotatable bonds is 2. The van der Waals surface area contributed by atoms with Gasteiger partial charge in [-0.3, -0.25) is 5.10 Å². The van der Waals surface area contributed by atoms with Crippen molar-refractivity contribution in [3.63, 3.8) is 0 Å². The summed E-state index contributed by atoms with van der Waals surface area (Å²) in [5, 5.41) is 10.5. The minimum Gasteiger partial charge on any atom is -0.492 e. The van der Waals surface area contributed by atoms with Crippen LogP contribution >= 0.6 is 0 Å². The van der Waals surface area contributed by atoms with Crippen molar-refractivity contribution in [2.24, 2.45) is 0 Å². The topological polar surface area (TPSA) is 49.9 Å². The summed E-state index contributed by atoms with van der Waals surface area (Å²) in [5.74, 6) is 0.903. The van der Waals surface area contributed by atoms with Gasteiger partial charge in [-0.05, 0) is 13.0 Å². The first-order valence-corrected chi connectivity index (χ1v) is 5.42. The van der Waals surface area contributed by atoms with Crippen LogP contribution in [0.3, 0.4) is 0 Å². The molecule has 0 aliphatic carbocycles. The summed E-state index contributed by atoms with van der Waals surface area (Å²) in [6.45, 7) is 3.46. The van der Waals surface area contributed by atoms with Crippen LogP contribution in [0, 0.1) is 0 Å². The third kappa shape index (κ3) is 1.26. The van der Waals surface area contributed by atoms with Crippen molar-refractivity contribution < 1.29 is 4.74 Å². The first-order valence-electron chi connectivity index (χ1n) is 5.42. The van der Waals surface area contributed by atoms with E-state index in [1.807, 2.05) is 25.3 Å². The number of benzene rings is 1. The van der Waals surface area contributed by atoms with Gasteiger partial charge in [-0.25, -0.2) is 0 Å². The maximum Gasteiger partial charge on any atom is 0.143 e. The van der Waals surface area contributed by atoms with Crippen molar-refractivity contribution in [3.8, 4) is 17.0 Å². The zero-order chi connectivity index (χ0) is 11.0. The number of para-hydroxylation sites is 1. The summed E-state index contributed by atoms with van der Waals surface area (Å²) in [7, 11) is 0. The van der Waals surface area contributed by atoms with Gasteiger partial charge >= 0.3 is 0 Å². The van der Waals surface area contributed by atoms with Crippen molar-refractivity contribution in [2.75, 3.05) is 11.9 Å². The van der Waals surface area contributed by atoms with Crippen molar-refractivity contribution in [1.29, 1.82) is 0 Å². The molecule has 82 valence electrons. The summed E-state index contributed by atoms with van der Waals surface area (Å²) < 4.78 is 5.60. The largest absolute Gasteiger partial charge is 0.492 e. The van der Waals surface area contributed by atoms with Gasteiger partial charge in [0.1, 0.15) is 5.75 Å². The van der Waals surface area contributed by atoms with E-state index in [1.165, 1.54) is 5.56 Å². The number of nitrogens with zero attached hydrogens (tertiary/aromatic N) is 1. The lowest BCUT2D eigenvalue weighted by molar-refractivity contribution is 0.342. The number of H-pyrrole nitrogens is 1. The van der Waals surface area contributed by atoms with Gasteiger partial charge in [0.15, 0.2) is 0 Å². The van der Waals surface area contributed by atoms with Gasteiger partial charge in [0.2, 0.25) is 0 Å². The van der Waals surface area contributed by atoms with E-state index < -0.39 is 0 Å². The van der Waals surface area contributed by atoms with Crippen LogP contribution in [0.4, 0.5) is 5.69 Å². The third-order valence-corrected chi connectivity index (χ3v) is 2.77. The number of hydrogen-bond acceptors (Lipinski definition) is 3. The van der Waals surface area contributed by atoms with E-state index in [0.29, 0.717) is 6.61 Å². The highest BCUT2D eigenvalue weighted by atomic mass is 16.5. The molecule has 16 heavy (non-hydrogen) atoms. The van der Waals surface area contributed by atoms with E-state index in [-0.39, 0.29) is 0 Å². The highest BCUT2D eigenvalue weighted by Gasteiger charge is 2.19. The maximum atomic E-state index is 5.60. The lowest BCUT2D eigenvalue weighted by atomic mass is 10.0. The monoisotopic (exact) mass is 215 g/mol. The molecule has 0 unspecified atom stereocenters. The Labute approximate surface area is 93.6 Å². The van der Waals surface area contributed by atoms with Gasteiger partial charge in [0.25, 0.3) is 0 Å². The van der Waals surface area contributed by atoms with E-state index in [1.54, 1.807) is 0 Å². The van der Waals surface area contributed by atoms with E-state index in [4.69, 9.17) is 4.74 Å². The summed E-state index contributed by atoms with van der Waals surface area (Å²) in [6.07, 6.45) is 1.86. The molecule has 0 bridgehead atoms.